The lowest BCUT2D eigenvalue weighted by Crippen LogP contribution is -2.62. The Balaban J connectivity index is 1.98. The summed E-state index contributed by atoms with van der Waals surface area (Å²) in [7, 11) is 1.29. The number of rotatable bonds is 6. The van der Waals surface area contributed by atoms with Crippen molar-refractivity contribution < 1.29 is 19.1 Å². The number of methoxy groups -OCH3 is 1. The summed E-state index contributed by atoms with van der Waals surface area (Å²) in [4.78, 5) is 42.7. The lowest BCUT2D eigenvalue weighted by molar-refractivity contribution is -0.148. The molecular formula is C20H22BrN3O4. The van der Waals surface area contributed by atoms with E-state index in [0.717, 1.165) is 17.3 Å². The molecule has 8 heteroatoms. The molecule has 3 aliphatic carbocycles. The molecule has 7 nitrogen and oxygen atoms in total. The van der Waals surface area contributed by atoms with Gasteiger partial charge in [-0.2, -0.15) is 0 Å². The van der Waals surface area contributed by atoms with Crippen LogP contribution >= 0.6 is 15.9 Å². The van der Waals surface area contributed by atoms with Crippen molar-refractivity contribution in [3.63, 3.8) is 0 Å². The van der Waals surface area contributed by atoms with E-state index >= 15 is 0 Å². The van der Waals surface area contributed by atoms with Crippen molar-refractivity contribution in [2.75, 3.05) is 7.11 Å². The molecule has 1 aromatic heterocycles. The lowest BCUT2D eigenvalue weighted by atomic mass is 9.53. The standard InChI is InChI=1S/C20H22BrN3O4/c1-28-15(25)6-7-19(16(22)26)12-3-4-13(18(12)8-9-18)20(19,17(23)27)14-5-2-11(21)10-24-14/h2-5,10,12-13H,6-9H2,1H3,(H2,22,26)(H2,23,27)/t12-,13+,19+,20-/m1/s1. The van der Waals surface area contributed by atoms with Crippen molar-refractivity contribution in [2.24, 2.45) is 34.1 Å². The number of carbonyl (C=O) groups excluding carboxylic acids is 3. The minimum absolute atomic E-state index is 0.0296. The molecule has 4 N–H and O–H groups in total. The van der Waals surface area contributed by atoms with Crippen LogP contribution in [0.1, 0.15) is 31.4 Å². The molecule has 0 saturated heterocycles. The number of aromatic nitrogens is 1. The lowest BCUT2D eigenvalue weighted by Gasteiger charge is -2.47. The molecule has 3 aliphatic rings. The van der Waals surface area contributed by atoms with Gasteiger partial charge in [0.25, 0.3) is 0 Å². The zero-order chi connectivity index (χ0) is 20.3. The molecule has 148 valence electrons. The Bertz CT molecular complexity index is 895. The van der Waals surface area contributed by atoms with Crippen LogP contribution < -0.4 is 11.5 Å². The van der Waals surface area contributed by atoms with Crippen molar-refractivity contribution in [1.29, 1.82) is 0 Å². The highest BCUT2D eigenvalue weighted by molar-refractivity contribution is 9.10. The molecule has 1 heterocycles. The van der Waals surface area contributed by atoms with E-state index in [4.69, 9.17) is 16.2 Å². The number of esters is 1. The highest BCUT2D eigenvalue weighted by Gasteiger charge is 2.83. The molecule has 1 aromatic rings. The van der Waals surface area contributed by atoms with Gasteiger partial charge in [-0.1, -0.05) is 12.2 Å². The third-order valence-corrected chi connectivity index (χ3v) is 7.64. The monoisotopic (exact) mass is 447 g/mol. The Hall–Kier alpha value is -2.22. The Morgan fingerprint density at radius 3 is 2.36 bits per heavy atom. The number of primary amides is 2. The first-order valence-corrected chi connectivity index (χ1v) is 10.0. The maximum absolute atomic E-state index is 13.2. The minimum atomic E-state index is -1.40. The fourth-order valence-corrected chi connectivity index (χ4v) is 6.27. The first-order valence-electron chi connectivity index (χ1n) is 9.24. The van der Waals surface area contributed by atoms with Crippen LogP contribution in [0.25, 0.3) is 0 Å². The van der Waals surface area contributed by atoms with Crippen LogP contribution in [0.5, 0.6) is 0 Å². The van der Waals surface area contributed by atoms with E-state index in [1.165, 1.54) is 7.11 Å². The van der Waals surface area contributed by atoms with Gasteiger partial charge in [0, 0.05) is 23.0 Å². The second-order valence-corrected chi connectivity index (χ2v) is 8.93. The zero-order valence-corrected chi connectivity index (χ0v) is 17.1. The molecule has 0 aromatic carbocycles. The van der Waals surface area contributed by atoms with Gasteiger partial charge < -0.3 is 16.2 Å². The number of hydrogen-bond acceptors (Lipinski definition) is 5. The third-order valence-electron chi connectivity index (χ3n) is 7.17. The number of carbonyl (C=O) groups is 3. The summed E-state index contributed by atoms with van der Waals surface area (Å²) in [6, 6.07) is 3.49. The minimum Gasteiger partial charge on any atom is -0.469 e. The number of ether oxygens (including phenoxy) is 1. The largest absolute Gasteiger partial charge is 0.469 e. The second kappa shape index (κ2) is 6.14. The fourth-order valence-electron chi connectivity index (χ4n) is 6.04. The average Bonchev–Trinajstić information content (AvgIpc) is 3.33. The van der Waals surface area contributed by atoms with Crippen LogP contribution in [0.3, 0.4) is 0 Å². The van der Waals surface area contributed by atoms with Gasteiger partial charge in [-0.05, 0) is 58.7 Å². The molecule has 0 aliphatic heterocycles. The van der Waals surface area contributed by atoms with Gasteiger partial charge in [-0.3, -0.25) is 19.4 Å². The molecule has 28 heavy (non-hydrogen) atoms. The van der Waals surface area contributed by atoms with Crippen LogP contribution in [0.2, 0.25) is 0 Å². The Morgan fingerprint density at radius 2 is 1.86 bits per heavy atom. The first kappa shape index (κ1) is 19.1. The predicted octanol–water partition coefficient (Wildman–Crippen LogP) is 1.59. The number of nitrogens with zero attached hydrogens (tertiary/aromatic N) is 1. The Labute approximate surface area is 171 Å². The van der Waals surface area contributed by atoms with Crippen molar-refractivity contribution >= 4 is 33.7 Å². The van der Waals surface area contributed by atoms with E-state index in [2.05, 4.69) is 20.9 Å². The fraction of sp³-hybridized carbons (Fsp3) is 0.500. The number of hydrogen-bond donors (Lipinski definition) is 2. The van der Waals surface area contributed by atoms with Gasteiger partial charge in [0.1, 0.15) is 5.41 Å². The van der Waals surface area contributed by atoms with Crippen LogP contribution in [-0.2, 0) is 24.5 Å². The van der Waals surface area contributed by atoms with E-state index in [9.17, 15) is 14.4 Å². The highest BCUT2D eigenvalue weighted by Crippen LogP contribution is 2.80. The third kappa shape index (κ3) is 2.09. The summed E-state index contributed by atoms with van der Waals surface area (Å²) < 4.78 is 5.53. The van der Waals surface area contributed by atoms with Crippen LogP contribution in [0, 0.1) is 22.7 Å². The Kier molecular flexibility index (Phi) is 4.19. The van der Waals surface area contributed by atoms with Gasteiger partial charge in [0.2, 0.25) is 11.8 Å². The maximum atomic E-state index is 13.2. The van der Waals surface area contributed by atoms with E-state index in [-0.39, 0.29) is 30.1 Å². The van der Waals surface area contributed by atoms with Crippen molar-refractivity contribution in [2.45, 2.75) is 31.1 Å². The topological polar surface area (TPSA) is 125 Å². The molecule has 2 saturated carbocycles. The van der Waals surface area contributed by atoms with Crippen LogP contribution in [0.15, 0.2) is 35.0 Å². The van der Waals surface area contributed by atoms with E-state index in [1.54, 1.807) is 18.3 Å². The first-order chi connectivity index (χ1) is 13.3. The van der Waals surface area contributed by atoms with Gasteiger partial charge in [0.05, 0.1) is 18.2 Å². The van der Waals surface area contributed by atoms with Crippen LogP contribution in [-0.4, -0.2) is 29.9 Å². The van der Waals surface area contributed by atoms with Crippen molar-refractivity contribution in [3.05, 3.63) is 40.6 Å². The molecule has 2 fully saturated rings. The quantitative estimate of drug-likeness (QED) is 0.505. The predicted molar refractivity (Wildman–Crippen MR) is 103 cm³/mol. The molecule has 0 radical (unpaired) electrons. The number of halogens is 1. The van der Waals surface area contributed by atoms with E-state index in [0.29, 0.717) is 5.69 Å². The number of allylic oxidation sites excluding steroid dienone is 2. The average molecular weight is 448 g/mol. The molecule has 4 rings (SSSR count). The van der Waals surface area contributed by atoms with Crippen molar-refractivity contribution in [1.82, 2.24) is 4.98 Å². The number of pyridine rings is 1. The van der Waals surface area contributed by atoms with E-state index in [1.807, 2.05) is 12.2 Å². The molecular weight excluding hydrogens is 426 g/mol. The summed E-state index contributed by atoms with van der Waals surface area (Å²) in [5, 5.41) is 0. The molecule has 4 atom stereocenters. The van der Waals surface area contributed by atoms with Gasteiger partial charge in [0.15, 0.2) is 0 Å². The summed E-state index contributed by atoms with van der Waals surface area (Å²) in [6.45, 7) is 0. The summed E-state index contributed by atoms with van der Waals surface area (Å²) in [5.74, 6) is -2.25. The highest BCUT2D eigenvalue weighted by atomic mass is 79.9. The van der Waals surface area contributed by atoms with E-state index < -0.39 is 28.6 Å². The summed E-state index contributed by atoms with van der Waals surface area (Å²) >= 11 is 3.36. The van der Waals surface area contributed by atoms with Gasteiger partial charge in [-0.25, -0.2) is 0 Å². The molecule has 1 spiro atoms. The summed E-state index contributed by atoms with van der Waals surface area (Å²) in [6.07, 6.45) is 7.38. The van der Waals surface area contributed by atoms with Crippen molar-refractivity contribution in [3.8, 4) is 0 Å². The Morgan fingerprint density at radius 1 is 1.18 bits per heavy atom. The summed E-state index contributed by atoms with van der Waals surface area (Å²) in [5.41, 5.74) is 9.52. The SMILES string of the molecule is COC(=O)CC[C@@]1(C(N)=O)[C@@H]2C=C[C@@H](C23CC3)[C@]1(C(N)=O)c1ccc(Br)cn1. The number of amides is 2. The second-order valence-electron chi connectivity index (χ2n) is 8.02. The van der Waals surface area contributed by atoms with Gasteiger partial charge in [-0.15, -0.1) is 0 Å². The maximum Gasteiger partial charge on any atom is 0.305 e. The normalized spacial score (nSPS) is 33.8. The molecule has 2 amide bonds. The van der Waals surface area contributed by atoms with Gasteiger partial charge >= 0.3 is 5.97 Å². The number of nitrogens with two attached hydrogens (primary N) is 2. The molecule has 0 unspecified atom stereocenters. The van der Waals surface area contributed by atoms with Crippen LogP contribution in [0.4, 0.5) is 0 Å². The molecule has 2 bridgehead atoms. The zero-order valence-electron chi connectivity index (χ0n) is 15.5. The smallest absolute Gasteiger partial charge is 0.305 e.